The lowest BCUT2D eigenvalue weighted by Crippen LogP contribution is -1.99. The minimum absolute atomic E-state index is 0.176. The molecule has 0 saturated carbocycles. The number of pyridine rings is 1. The predicted molar refractivity (Wildman–Crippen MR) is 47.6 cm³/mol. The second-order valence-corrected chi connectivity index (χ2v) is 3.37. The van der Waals surface area contributed by atoms with Crippen molar-refractivity contribution in [1.29, 1.82) is 0 Å². The summed E-state index contributed by atoms with van der Waals surface area (Å²) in [6.45, 7) is -0.300. The molecule has 0 atom stereocenters. The van der Waals surface area contributed by atoms with E-state index in [1.807, 2.05) is 0 Å². The summed E-state index contributed by atoms with van der Waals surface area (Å²) in [5.74, 6) is 0. The molecule has 1 aromatic heterocycles. The van der Waals surface area contributed by atoms with E-state index in [2.05, 4.69) is 20.9 Å². The van der Waals surface area contributed by atoms with E-state index in [-0.39, 0.29) is 11.7 Å². The molecule has 0 aromatic carbocycles. The van der Waals surface area contributed by atoms with Crippen LogP contribution in [0.25, 0.3) is 0 Å². The van der Waals surface area contributed by atoms with E-state index in [0.717, 1.165) is 0 Å². The van der Waals surface area contributed by atoms with Gasteiger partial charge in [0.25, 0.3) is 0 Å². The maximum Gasteiger partial charge on any atom is 0.231 e. The van der Waals surface area contributed by atoms with Gasteiger partial charge in [0.15, 0.2) is 0 Å². The van der Waals surface area contributed by atoms with E-state index in [9.17, 15) is 10.1 Å². The van der Waals surface area contributed by atoms with E-state index >= 15 is 0 Å². The molecule has 0 aliphatic carbocycles. The van der Waals surface area contributed by atoms with Gasteiger partial charge in [-0.15, -0.1) is 0 Å². The van der Waals surface area contributed by atoms with E-state index < -0.39 is 4.92 Å². The first-order valence-corrected chi connectivity index (χ1v) is 4.18. The highest BCUT2D eigenvalue weighted by Gasteiger charge is 2.07. The second-order valence-electron chi connectivity index (χ2n) is 2.09. The van der Waals surface area contributed by atoms with Crippen LogP contribution < -0.4 is 0 Å². The smallest absolute Gasteiger partial charge is 0.231 e. The van der Waals surface area contributed by atoms with Gasteiger partial charge >= 0.3 is 0 Å². The lowest BCUT2D eigenvalue weighted by molar-refractivity contribution is -0.496. The molecular formula is C6H4BrClN2O2. The molecule has 0 N–H and O–H groups in total. The zero-order valence-corrected chi connectivity index (χ0v) is 8.17. The minimum Gasteiger partial charge on any atom is -0.264 e. The fraction of sp³-hybridized carbons (Fsp3) is 0.167. The molecular weight excluding hydrogens is 247 g/mol. The summed E-state index contributed by atoms with van der Waals surface area (Å²) in [4.78, 5) is 13.4. The van der Waals surface area contributed by atoms with Gasteiger partial charge < -0.3 is 0 Å². The standard InChI is InChI=1S/C6H4BrClN2O2/c7-5-1-4(3-10(11)12)6(8)9-2-5/h1-2H,3H2. The average molecular weight is 251 g/mol. The monoisotopic (exact) mass is 250 g/mol. The molecule has 0 amide bonds. The lowest BCUT2D eigenvalue weighted by Gasteiger charge is -1.97. The Morgan fingerprint density at radius 3 is 3.00 bits per heavy atom. The van der Waals surface area contributed by atoms with Crippen LogP contribution in [0.2, 0.25) is 5.15 Å². The number of aromatic nitrogens is 1. The molecule has 0 saturated heterocycles. The summed E-state index contributed by atoms with van der Waals surface area (Å²) >= 11 is 8.75. The third-order valence-electron chi connectivity index (χ3n) is 1.18. The SMILES string of the molecule is O=[N+]([O-])Cc1cc(Br)cnc1Cl. The molecule has 4 nitrogen and oxygen atoms in total. The normalized spacial score (nSPS) is 9.83. The van der Waals surface area contributed by atoms with Crippen molar-refractivity contribution < 1.29 is 4.92 Å². The van der Waals surface area contributed by atoms with Gasteiger partial charge in [0.1, 0.15) is 5.15 Å². The average Bonchev–Trinajstić information content (AvgIpc) is 1.96. The van der Waals surface area contributed by atoms with Crippen molar-refractivity contribution in [2.75, 3.05) is 0 Å². The molecule has 64 valence electrons. The highest BCUT2D eigenvalue weighted by Crippen LogP contribution is 2.18. The molecule has 0 aliphatic rings. The highest BCUT2D eigenvalue weighted by atomic mass is 79.9. The van der Waals surface area contributed by atoms with E-state index in [4.69, 9.17) is 11.6 Å². The van der Waals surface area contributed by atoms with Crippen molar-refractivity contribution in [1.82, 2.24) is 4.98 Å². The quantitative estimate of drug-likeness (QED) is 0.460. The Bertz CT molecular complexity index is 318. The maximum atomic E-state index is 10.1. The van der Waals surface area contributed by atoms with Gasteiger partial charge in [-0.1, -0.05) is 11.6 Å². The number of hydrogen-bond acceptors (Lipinski definition) is 3. The van der Waals surface area contributed by atoms with E-state index in [0.29, 0.717) is 10.0 Å². The zero-order chi connectivity index (χ0) is 9.14. The Morgan fingerprint density at radius 1 is 1.75 bits per heavy atom. The van der Waals surface area contributed by atoms with Crippen molar-refractivity contribution in [3.05, 3.63) is 37.6 Å². The molecule has 1 rings (SSSR count). The van der Waals surface area contributed by atoms with Gasteiger partial charge in [0.2, 0.25) is 6.54 Å². The third kappa shape index (κ3) is 2.42. The first kappa shape index (κ1) is 9.41. The van der Waals surface area contributed by atoms with Crippen LogP contribution in [-0.4, -0.2) is 9.91 Å². The lowest BCUT2D eigenvalue weighted by atomic mass is 10.3. The van der Waals surface area contributed by atoms with Crippen molar-refractivity contribution in [2.24, 2.45) is 0 Å². The second kappa shape index (κ2) is 3.82. The van der Waals surface area contributed by atoms with Gasteiger partial charge in [-0.2, -0.15) is 0 Å². The number of rotatable bonds is 2. The number of halogens is 2. The Hall–Kier alpha value is -0.680. The summed E-state index contributed by atoms with van der Waals surface area (Å²) in [7, 11) is 0. The van der Waals surface area contributed by atoms with Crippen LogP contribution in [0, 0.1) is 10.1 Å². The molecule has 0 aliphatic heterocycles. The minimum atomic E-state index is -0.449. The molecule has 0 unspecified atom stereocenters. The number of nitrogens with zero attached hydrogens (tertiary/aromatic N) is 2. The largest absolute Gasteiger partial charge is 0.264 e. The predicted octanol–water partition coefficient (Wildman–Crippen LogP) is 2.27. The molecule has 0 radical (unpaired) electrons. The van der Waals surface area contributed by atoms with E-state index in [1.165, 1.54) is 6.20 Å². The molecule has 0 spiro atoms. The summed E-state index contributed by atoms with van der Waals surface area (Å²) in [5, 5.41) is 10.3. The Labute approximate surface area is 81.8 Å². The topological polar surface area (TPSA) is 56.0 Å². The Morgan fingerprint density at radius 2 is 2.42 bits per heavy atom. The van der Waals surface area contributed by atoms with Crippen molar-refractivity contribution >= 4 is 27.5 Å². The third-order valence-corrected chi connectivity index (χ3v) is 1.95. The van der Waals surface area contributed by atoms with Crippen LogP contribution in [-0.2, 0) is 6.54 Å². The molecule has 6 heteroatoms. The van der Waals surface area contributed by atoms with Crippen LogP contribution in [0.4, 0.5) is 0 Å². The van der Waals surface area contributed by atoms with Crippen molar-refractivity contribution in [3.63, 3.8) is 0 Å². The van der Waals surface area contributed by atoms with Crippen LogP contribution in [0.1, 0.15) is 5.56 Å². The molecule has 12 heavy (non-hydrogen) atoms. The van der Waals surface area contributed by atoms with Crippen molar-refractivity contribution in [3.8, 4) is 0 Å². The van der Waals surface area contributed by atoms with Crippen LogP contribution in [0.3, 0.4) is 0 Å². The molecule has 1 heterocycles. The van der Waals surface area contributed by atoms with Crippen LogP contribution >= 0.6 is 27.5 Å². The summed E-state index contributed by atoms with van der Waals surface area (Å²) < 4.78 is 0.684. The number of hydrogen-bond donors (Lipinski definition) is 0. The molecule has 0 fully saturated rings. The van der Waals surface area contributed by atoms with Crippen LogP contribution in [0.5, 0.6) is 0 Å². The molecule has 0 bridgehead atoms. The summed E-state index contributed by atoms with van der Waals surface area (Å²) in [6, 6.07) is 1.58. The summed E-state index contributed by atoms with van der Waals surface area (Å²) in [5.41, 5.74) is 0.413. The van der Waals surface area contributed by atoms with Gasteiger partial charge in [0.05, 0.1) is 5.56 Å². The fourth-order valence-corrected chi connectivity index (χ4v) is 1.26. The maximum absolute atomic E-state index is 10.1. The van der Waals surface area contributed by atoms with Gasteiger partial charge in [-0.25, -0.2) is 4.98 Å². The van der Waals surface area contributed by atoms with Crippen LogP contribution in [0.15, 0.2) is 16.7 Å². The van der Waals surface area contributed by atoms with Gasteiger partial charge in [-0.05, 0) is 22.0 Å². The Kier molecular flexibility index (Phi) is 2.99. The first-order chi connectivity index (χ1) is 5.59. The Balaban J connectivity index is 2.97. The van der Waals surface area contributed by atoms with Gasteiger partial charge in [-0.3, -0.25) is 10.1 Å². The summed E-state index contributed by atoms with van der Waals surface area (Å²) in [6.07, 6.45) is 1.49. The highest BCUT2D eigenvalue weighted by molar-refractivity contribution is 9.10. The van der Waals surface area contributed by atoms with Crippen molar-refractivity contribution in [2.45, 2.75) is 6.54 Å². The fourth-order valence-electron chi connectivity index (χ4n) is 0.714. The first-order valence-electron chi connectivity index (χ1n) is 3.01. The molecule has 1 aromatic rings. The number of nitro groups is 1. The van der Waals surface area contributed by atoms with Gasteiger partial charge in [0, 0.05) is 15.6 Å². The van der Waals surface area contributed by atoms with E-state index in [1.54, 1.807) is 6.07 Å². The zero-order valence-electron chi connectivity index (χ0n) is 5.83.